The molecule has 0 spiro atoms. The van der Waals surface area contributed by atoms with Gasteiger partial charge in [0.25, 0.3) is 5.91 Å². The normalized spacial score (nSPS) is 11.0. The summed E-state index contributed by atoms with van der Waals surface area (Å²) in [5, 5.41) is 7.57. The van der Waals surface area contributed by atoms with Crippen LogP contribution in [0.4, 0.5) is 5.69 Å². The molecule has 158 valence electrons. The molecule has 0 atom stereocenters. The first kappa shape index (κ1) is 22.1. The van der Waals surface area contributed by atoms with Gasteiger partial charge in [-0.15, -0.1) is 0 Å². The highest BCUT2D eigenvalue weighted by Gasteiger charge is 2.12. The monoisotopic (exact) mass is 435 g/mol. The molecule has 6 nitrogen and oxygen atoms in total. The van der Waals surface area contributed by atoms with Gasteiger partial charge in [0.2, 0.25) is 5.91 Å². The molecule has 3 rings (SSSR count). The maximum atomic E-state index is 12.7. The fraction of sp³-hybridized carbons (Fsp3) is 0.125. The molecule has 0 saturated carbocycles. The average molecular weight is 436 g/mol. The molecule has 7 heteroatoms. The number of hydrazone groups is 1. The van der Waals surface area contributed by atoms with E-state index in [0.29, 0.717) is 34.3 Å². The molecule has 0 bridgehead atoms. The molecule has 0 radical (unpaired) electrons. The summed E-state index contributed by atoms with van der Waals surface area (Å²) >= 11 is 5.91. The summed E-state index contributed by atoms with van der Waals surface area (Å²) in [6.45, 7) is 3.52. The number of carbonyl (C=O) groups excluding carboxylic acids is 2. The zero-order chi connectivity index (χ0) is 22.2. The highest BCUT2D eigenvalue weighted by molar-refractivity contribution is 6.30. The third kappa shape index (κ3) is 6.42. The third-order valence-electron chi connectivity index (χ3n) is 4.37. The second kappa shape index (κ2) is 10.4. The Balaban J connectivity index is 1.69. The SMILES string of the molecule is CC(=O)Nc1cccc(C(C)=NNC(=O)c2ccccc2OCc2ccc(Cl)cc2)c1. The molecule has 0 aliphatic carbocycles. The molecule has 0 aliphatic heterocycles. The lowest BCUT2D eigenvalue weighted by Gasteiger charge is -2.11. The number of amides is 2. The molecule has 3 aromatic carbocycles. The first-order chi connectivity index (χ1) is 14.9. The van der Waals surface area contributed by atoms with Crippen molar-refractivity contribution in [3.63, 3.8) is 0 Å². The van der Waals surface area contributed by atoms with Crippen LogP contribution in [0.5, 0.6) is 5.75 Å². The highest BCUT2D eigenvalue weighted by Crippen LogP contribution is 2.20. The van der Waals surface area contributed by atoms with E-state index in [1.54, 1.807) is 61.5 Å². The molecule has 2 N–H and O–H groups in total. The number of para-hydroxylation sites is 1. The molecule has 0 saturated heterocycles. The van der Waals surface area contributed by atoms with E-state index in [2.05, 4.69) is 15.8 Å². The van der Waals surface area contributed by atoms with Crippen molar-refractivity contribution in [2.75, 3.05) is 5.32 Å². The van der Waals surface area contributed by atoms with Crippen molar-refractivity contribution >= 4 is 34.8 Å². The predicted molar refractivity (Wildman–Crippen MR) is 123 cm³/mol. The Morgan fingerprint density at radius 1 is 0.968 bits per heavy atom. The van der Waals surface area contributed by atoms with Crippen LogP contribution in [0.15, 0.2) is 77.9 Å². The fourth-order valence-corrected chi connectivity index (χ4v) is 2.93. The number of halogens is 1. The van der Waals surface area contributed by atoms with E-state index >= 15 is 0 Å². The number of nitrogens with zero attached hydrogens (tertiary/aromatic N) is 1. The molecule has 0 unspecified atom stereocenters. The lowest BCUT2D eigenvalue weighted by Crippen LogP contribution is -2.20. The largest absolute Gasteiger partial charge is 0.488 e. The summed E-state index contributed by atoms with van der Waals surface area (Å²) in [7, 11) is 0. The zero-order valence-corrected chi connectivity index (χ0v) is 17.9. The number of anilines is 1. The van der Waals surface area contributed by atoms with Crippen molar-refractivity contribution in [2.24, 2.45) is 5.10 Å². The molecule has 0 fully saturated rings. The Morgan fingerprint density at radius 2 is 1.71 bits per heavy atom. The summed E-state index contributed by atoms with van der Waals surface area (Å²) in [5.74, 6) is -0.0882. The maximum absolute atomic E-state index is 12.7. The van der Waals surface area contributed by atoms with Crippen molar-refractivity contribution in [3.8, 4) is 5.75 Å². The Morgan fingerprint density at radius 3 is 2.45 bits per heavy atom. The first-order valence-corrected chi connectivity index (χ1v) is 9.99. The Bertz CT molecular complexity index is 1110. The summed E-state index contributed by atoms with van der Waals surface area (Å²) in [5.41, 5.74) is 5.91. The Kier molecular flexibility index (Phi) is 7.40. The van der Waals surface area contributed by atoms with Crippen LogP contribution < -0.4 is 15.5 Å². The average Bonchev–Trinajstić information content (AvgIpc) is 2.77. The smallest absolute Gasteiger partial charge is 0.275 e. The van der Waals surface area contributed by atoms with Gasteiger partial charge in [0, 0.05) is 17.6 Å². The summed E-state index contributed by atoms with van der Waals surface area (Å²) in [4.78, 5) is 23.9. The van der Waals surface area contributed by atoms with Crippen molar-refractivity contribution in [1.82, 2.24) is 5.43 Å². The van der Waals surface area contributed by atoms with Crippen LogP contribution in [0.25, 0.3) is 0 Å². The van der Waals surface area contributed by atoms with E-state index in [-0.39, 0.29) is 11.8 Å². The molecular formula is C24H22ClN3O3. The fourth-order valence-electron chi connectivity index (χ4n) is 2.81. The van der Waals surface area contributed by atoms with Crippen LogP contribution in [-0.2, 0) is 11.4 Å². The topological polar surface area (TPSA) is 79.8 Å². The van der Waals surface area contributed by atoms with Gasteiger partial charge < -0.3 is 10.1 Å². The zero-order valence-electron chi connectivity index (χ0n) is 17.2. The van der Waals surface area contributed by atoms with Gasteiger partial charge in [-0.25, -0.2) is 5.43 Å². The number of hydrogen-bond acceptors (Lipinski definition) is 4. The van der Waals surface area contributed by atoms with Gasteiger partial charge in [-0.05, 0) is 54.4 Å². The van der Waals surface area contributed by atoms with E-state index in [9.17, 15) is 9.59 Å². The van der Waals surface area contributed by atoms with Crippen LogP contribution in [0.3, 0.4) is 0 Å². The van der Waals surface area contributed by atoms with E-state index in [0.717, 1.165) is 11.1 Å². The molecule has 3 aromatic rings. The van der Waals surface area contributed by atoms with Gasteiger partial charge in [-0.1, -0.05) is 48.0 Å². The predicted octanol–water partition coefficient (Wildman–Crippen LogP) is 5.03. The van der Waals surface area contributed by atoms with Crippen molar-refractivity contribution in [1.29, 1.82) is 0 Å². The van der Waals surface area contributed by atoms with E-state index in [1.165, 1.54) is 6.92 Å². The molecule has 31 heavy (non-hydrogen) atoms. The second-order valence-electron chi connectivity index (χ2n) is 6.81. The Labute approximate surface area is 185 Å². The quantitative estimate of drug-likeness (QED) is 0.403. The number of hydrogen-bond donors (Lipinski definition) is 2. The van der Waals surface area contributed by atoms with Gasteiger partial charge in [0.05, 0.1) is 11.3 Å². The number of nitrogens with one attached hydrogen (secondary N) is 2. The number of carbonyl (C=O) groups is 2. The van der Waals surface area contributed by atoms with Crippen LogP contribution in [0.1, 0.15) is 35.3 Å². The molecule has 0 heterocycles. The van der Waals surface area contributed by atoms with E-state index in [1.807, 2.05) is 18.2 Å². The standard InChI is InChI=1S/C24H22ClN3O3/c1-16(19-6-5-7-21(14-19)26-17(2)29)27-28-24(30)22-8-3-4-9-23(22)31-15-18-10-12-20(25)13-11-18/h3-14H,15H2,1-2H3,(H,26,29)(H,28,30). The van der Waals surface area contributed by atoms with Gasteiger partial charge in [0.1, 0.15) is 12.4 Å². The Hall–Kier alpha value is -3.64. The summed E-state index contributed by atoms with van der Waals surface area (Å²) < 4.78 is 5.84. The van der Waals surface area contributed by atoms with Crippen LogP contribution in [0.2, 0.25) is 5.02 Å². The minimum absolute atomic E-state index is 0.157. The van der Waals surface area contributed by atoms with Crippen molar-refractivity contribution in [3.05, 3.63) is 94.5 Å². The molecule has 0 aliphatic rings. The number of benzene rings is 3. The van der Waals surface area contributed by atoms with Gasteiger partial charge in [-0.2, -0.15) is 5.10 Å². The second-order valence-corrected chi connectivity index (χ2v) is 7.25. The molecular weight excluding hydrogens is 414 g/mol. The highest BCUT2D eigenvalue weighted by atomic mass is 35.5. The first-order valence-electron chi connectivity index (χ1n) is 9.61. The minimum atomic E-state index is -0.385. The molecule has 2 amide bonds. The maximum Gasteiger partial charge on any atom is 0.275 e. The van der Waals surface area contributed by atoms with Crippen molar-refractivity contribution < 1.29 is 14.3 Å². The van der Waals surface area contributed by atoms with Crippen LogP contribution >= 0.6 is 11.6 Å². The van der Waals surface area contributed by atoms with Crippen LogP contribution in [0, 0.1) is 0 Å². The van der Waals surface area contributed by atoms with E-state index in [4.69, 9.17) is 16.3 Å². The van der Waals surface area contributed by atoms with Crippen LogP contribution in [-0.4, -0.2) is 17.5 Å². The number of rotatable bonds is 7. The van der Waals surface area contributed by atoms with Crippen molar-refractivity contribution in [2.45, 2.75) is 20.5 Å². The third-order valence-corrected chi connectivity index (χ3v) is 4.62. The van der Waals surface area contributed by atoms with Gasteiger partial charge in [-0.3, -0.25) is 9.59 Å². The molecule has 0 aromatic heterocycles. The summed E-state index contributed by atoms with van der Waals surface area (Å²) in [6, 6.07) is 21.5. The lowest BCUT2D eigenvalue weighted by molar-refractivity contribution is -0.114. The van der Waals surface area contributed by atoms with Gasteiger partial charge >= 0.3 is 0 Å². The summed E-state index contributed by atoms with van der Waals surface area (Å²) in [6.07, 6.45) is 0. The number of ether oxygens (including phenoxy) is 1. The lowest BCUT2D eigenvalue weighted by atomic mass is 10.1. The van der Waals surface area contributed by atoms with E-state index < -0.39 is 0 Å². The van der Waals surface area contributed by atoms with Gasteiger partial charge in [0.15, 0.2) is 0 Å². The minimum Gasteiger partial charge on any atom is -0.488 e.